The molecule has 0 aliphatic heterocycles. The van der Waals surface area contributed by atoms with Gasteiger partial charge in [-0.3, -0.25) is 5.84 Å². The van der Waals surface area contributed by atoms with Gasteiger partial charge in [0.05, 0.1) is 13.2 Å². The summed E-state index contributed by atoms with van der Waals surface area (Å²) in [7, 11) is 1.67. The van der Waals surface area contributed by atoms with Crippen molar-refractivity contribution in [1.82, 2.24) is 5.43 Å². The van der Waals surface area contributed by atoms with Crippen LogP contribution in [0.1, 0.15) is 36.5 Å². The van der Waals surface area contributed by atoms with E-state index >= 15 is 0 Å². The summed E-state index contributed by atoms with van der Waals surface area (Å²) in [5.74, 6) is 8.40. The average Bonchev–Trinajstić information content (AvgIpc) is 2.97. The molecular formula is C16H22N2O2. The van der Waals surface area contributed by atoms with Gasteiger partial charge in [0, 0.05) is 6.42 Å². The standard InChI is InChI=1S/C16H22N2O2/c1-3-13-9-11-16(20-13)15(18-17)10-6-12-4-7-14(19-2)8-5-12/h4-5,7-9,11,15,18H,3,6,10,17H2,1-2H3. The van der Waals surface area contributed by atoms with Crippen molar-refractivity contribution in [3.63, 3.8) is 0 Å². The van der Waals surface area contributed by atoms with Crippen LogP contribution in [0, 0.1) is 0 Å². The van der Waals surface area contributed by atoms with Crippen molar-refractivity contribution in [3.05, 3.63) is 53.5 Å². The molecule has 1 unspecified atom stereocenters. The van der Waals surface area contributed by atoms with E-state index in [1.54, 1.807) is 7.11 Å². The van der Waals surface area contributed by atoms with Gasteiger partial charge in [-0.05, 0) is 42.7 Å². The fraction of sp³-hybridized carbons (Fsp3) is 0.375. The Labute approximate surface area is 119 Å². The van der Waals surface area contributed by atoms with E-state index in [-0.39, 0.29) is 6.04 Å². The zero-order valence-corrected chi connectivity index (χ0v) is 12.1. The largest absolute Gasteiger partial charge is 0.497 e. The van der Waals surface area contributed by atoms with Gasteiger partial charge in [0.1, 0.15) is 17.3 Å². The Bertz CT molecular complexity index is 520. The van der Waals surface area contributed by atoms with Gasteiger partial charge in [0.25, 0.3) is 0 Å². The molecule has 0 aliphatic carbocycles. The molecule has 0 saturated carbocycles. The quantitative estimate of drug-likeness (QED) is 0.602. The maximum Gasteiger partial charge on any atom is 0.122 e. The Balaban J connectivity index is 1.95. The summed E-state index contributed by atoms with van der Waals surface area (Å²) < 4.78 is 10.9. The third-order valence-electron chi connectivity index (χ3n) is 3.46. The zero-order chi connectivity index (χ0) is 14.4. The van der Waals surface area contributed by atoms with Crippen molar-refractivity contribution in [2.75, 3.05) is 7.11 Å². The van der Waals surface area contributed by atoms with Crippen molar-refractivity contribution >= 4 is 0 Å². The highest BCUT2D eigenvalue weighted by molar-refractivity contribution is 5.27. The van der Waals surface area contributed by atoms with Gasteiger partial charge in [0.15, 0.2) is 0 Å². The number of hydrogen-bond acceptors (Lipinski definition) is 4. The molecule has 0 saturated heterocycles. The smallest absolute Gasteiger partial charge is 0.122 e. The fourth-order valence-electron chi connectivity index (χ4n) is 2.18. The molecule has 2 aromatic rings. The van der Waals surface area contributed by atoms with E-state index in [0.717, 1.165) is 36.5 Å². The minimum absolute atomic E-state index is 0.0393. The van der Waals surface area contributed by atoms with Crippen molar-refractivity contribution in [2.45, 2.75) is 32.2 Å². The number of hydrogen-bond donors (Lipinski definition) is 2. The van der Waals surface area contributed by atoms with Crippen molar-refractivity contribution in [3.8, 4) is 5.75 Å². The first-order valence-electron chi connectivity index (χ1n) is 6.94. The molecule has 20 heavy (non-hydrogen) atoms. The van der Waals surface area contributed by atoms with Crippen LogP contribution in [-0.2, 0) is 12.8 Å². The summed E-state index contributed by atoms with van der Waals surface area (Å²) in [4.78, 5) is 0. The first-order valence-corrected chi connectivity index (χ1v) is 6.94. The predicted molar refractivity (Wildman–Crippen MR) is 79.5 cm³/mol. The van der Waals surface area contributed by atoms with E-state index < -0.39 is 0 Å². The van der Waals surface area contributed by atoms with Gasteiger partial charge in [-0.25, -0.2) is 5.43 Å². The summed E-state index contributed by atoms with van der Waals surface area (Å²) in [5, 5.41) is 0. The maximum atomic E-state index is 5.75. The Morgan fingerprint density at radius 2 is 1.95 bits per heavy atom. The van der Waals surface area contributed by atoms with Crippen LogP contribution >= 0.6 is 0 Å². The molecule has 108 valence electrons. The number of ether oxygens (including phenoxy) is 1. The minimum Gasteiger partial charge on any atom is -0.497 e. The molecule has 0 amide bonds. The molecule has 0 spiro atoms. The Morgan fingerprint density at radius 3 is 2.50 bits per heavy atom. The van der Waals surface area contributed by atoms with Crippen LogP contribution in [0.5, 0.6) is 5.75 Å². The Morgan fingerprint density at radius 1 is 1.20 bits per heavy atom. The number of benzene rings is 1. The topological polar surface area (TPSA) is 60.4 Å². The summed E-state index contributed by atoms with van der Waals surface area (Å²) in [5.41, 5.74) is 4.09. The predicted octanol–water partition coefficient (Wildman–Crippen LogP) is 2.99. The van der Waals surface area contributed by atoms with E-state index in [9.17, 15) is 0 Å². The molecule has 1 aromatic carbocycles. The second-order valence-corrected chi connectivity index (χ2v) is 4.76. The molecule has 3 N–H and O–H groups in total. The van der Waals surface area contributed by atoms with Crippen molar-refractivity contribution < 1.29 is 9.15 Å². The first kappa shape index (κ1) is 14.6. The second kappa shape index (κ2) is 7.12. The van der Waals surface area contributed by atoms with Gasteiger partial charge in [-0.15, -0.1) is 0 Å². The number of methoxy groups -OCH3 is 1. The molecule has 0 radical (unpaired) electrons. The van der Waals surface area contributed by atoms with Crippen LogP contribution in [0.2, 0.25) is 0 Å². The Kier molecular flexibility index (Phi) is 5.21. The monoisotopic (exact) mass is 274 g/mol. The highest BCUT2D eigenvalue weighted by atomic mass is 16.5. The zero-order valence-electron chi connectivity index (χ0n) is 12.1. The molecule has 0 bridgehead atoms. The lowest BCUT2D eigenvalue weighted by Crippen LogP contribution is -2.28. The lowest BCUT2D eigenvalue weighted by Gasteiger charge is -2.13. The van der Waals surface area contributed by atoms with Crippen molar-refractivity contribution in [2.24, 2.45) is 5.84 Å². The lowest BCUT2D eigenvalue weighted by atomic mass is 10.0. The number of rotatable bonds is 7. The fourth-order valence-corrected chi connectivity index (χ4v) is 2.18. The number of hydrazine groups is 1. The van der Waals surface area contributed by atoms with E-state index in [2.05, 4.69) is 24.5 Å². The van der Waals surface area contributed by atoms with Crippen LogP contribution in [-0.4, -0.2) is 7.11 Å². The van der Waals surface area contributed by atoms with E-state index in [0.29, 0.717) is 0 Å². The Hall–Kier alpha value is -1.78. The third kappa shape index (κ3) is 3.62. The van der Waals surface area contributed by atoms with Gasteiger partial charge < -0.3 is 9.15 Å². The maximum absolute atomic E-state index is 5.75. The second-order valence-electron chi connectivity index (χ2n) is 4.76. The molecule has 0 aliphatic rings. The molecule has 4 nitrogen and oxygen atoms in total. The highest BCUT2D eigenvalue weighted by Gasteiger charge is 2.13. The first-order chi connectivity index (χ1) is 9.76. The minimum atomic E-state index is 0.0393. The molecule has 0 fully saturated rings. The highest BCUT2D eigenvalue weighted by Crippen LogP contribution is 2.22. The average molecular weight is 274 g/mol. The van der Waals surface area contributed by atoms with Gasteiger partial charge >= 0.3 is 0 Å². The van der Waals surface area contributed by atoms with Crippen LogP contribution in [0.4, 0.5) is 0 Å². The summed E-state index contributed by atoms with van der Waals surface area (Å²) in [6.07, 6.45) is 2.72. The molecule has 1 aromatic heterocycles. The summed E-state index contributed by atoms with van der Waals surface area (Å²) in [6.45, 7) is 2.07. The normalized spacial score (nSPS) is 12.3. The van der Waals surface area contributed by atoms with Gasteiger partial charge in [0.2, 0.25) is 0 Å². The molecular weight excluding hydrogens is 252 g/mol. The van der Waals surface area contributed by atoms with E-state index in [1.165, 1.54) is 5.56 Å². The van der Waals surface area contributed by atoms with Crippen LogP contribution in [0.3, 0.4) is 0 Å². The van der Waals surface area contributed by atoms with Crippen LogP contribution < -0.4 is 16.0 Å². The van der Waals surface area contributed by atoms with E-state index in [4.69, 9.17) is 15.0 Å². The number of aryl methyl sites for hydroxylation is 2. The third-order valence-corrected chi connectivity index (χ3v) is 3.46. The molecule has 1 atom stereocenters. The van der Waals surface area contributed by atoms with Crippen molar-refractivity contribution in [1.29, 1.82) is 0 Å². The lowest BCUT2D eigenvalue weighted by molar-refractivity contribution is 0.384. The van der Waals surface area contributed by atoms with E-state index in [1.807, 2.05) is 24.3 Å². The van der Waals surface area contributed by atoms with Crippen LogP contribution in [0.25, 0.3) is 0 Å². The molecule has 4 heteroatoms. The number of furan rings is 1. The van der Waals surface area contributed by atoms with Gasteiger partial charge in [-0.1, -0.05) is 19.1 Å². The molecule has 2 rings (SSSR count). The number of nitrogens with two attached hydrogens (primary N) is 1. The SMILES string of the molecule is CCc1ccc(C(CCc2ccc(OC)cc2)NN)o1. The van der Waals surface area contributed by atoms with Gasteiger partial charge in [-0.2, -0.15) is 0 Å². The summed E-state index contributed by atoms with van der Waals surface area (Å²) in [6, 6.07) is 12.1. The summed E-state index contributed by atoms with van der Waals surface area (Å²) >= 11 is 0. The molecule has 1 heterocycles. The number of nitrogens with one attached hydrogen (secondary N) is 1. The van der Waals surface area contributed by atoms with Crippen LogP contribution in [0.15, 0.2) is 40.8 Å².